The number of methoxy groups -OCH3 is 1. The molecule has 0 saturated heterocycles. The molecule has 0 bridgehead atoms. The van der Waals surface area contributed by atoms with Gasteiger partial charge in [0, 0.05) is 23.9 Å². The Labute approximate surface area is 162 Å². The van der Waals surface area contributed by atoms with Gasteiger partial charge >= 0.3 is 0 Å². The van der Waals surface area contributed by atoms with Crippen molar-refractivity contribution in [1.82, 2.24) is 19.7 Å². The number of aromatic nitrogens is 4. The van der Waals surface area contributed by atoms with Gasteiger partial charge in [-0.15, -0.1) is 10.2 Å². The second-order valence-electron chi connectivity index (χ2n) is 6.50. The molecule has 1 aliphatic heterocycles. The summed E-state index contributed by atoms with van der Waals surface area (Å²) in [7, 11) is 1.62. The van der Waals surface area contributed by atoms with Crippen molar-refractivity contribution >= 4 is 34.2 Å². The Kier molecular flexibility index (Phi) is 4.78. The normalized spacial score (nSPS) is 14.5. The topological polar surface area (TPSA) is 76.6 Å². The fourth-order valence-electron chi connectivity index (χ4n) is 3.36. The van der Waals surface area contributed by atoms with Gasteiger partial charge in [-0.3, -0.25) is 0 Å². The number of hydrogen-bond donors (Lipinski definition) is 0. The van der Waals surface area contributed by atoms with Crippen LogP contribution in [0, 0.1) is 11.3 Å². The van der Waals surface area contributed by atoms with Gasteiger partial charge in [0.25, 0.3) is 0 Å². The molecule has 0 fully saturated rings. The van der Waals surface area contributed by atoms with Crippen molar-refractivity contribution in [3.63, 3.8) is 0 Å². The molecule has 2 aromatic heterocycles. The van der Waals surface area contributed by atoms with Gasteiger partial charge in [0.2, 0.25) is 0 Å². The van der Waals surface area contributed by atoms with E-state index in [1.165, 1.54) is 0 Å². The van der Waals surface area contributed by atoms with E-state index >= 15 is 0 Å². The fourth-order valence-corrected chi connectivity index (χ4v) is 3.56. The Balaban J connectivity index is 1.80. The molecule has 3 aromatic rings. The number of ether oxygens (including phenoxy) is 1. The summed E-state index contributed by atoms with van der Waals surface area (Å²) in [5.41, 5.74) is 1.87. The number of benzene rings is 1. The van der Waals surface area contributed by atoms with Crippen LogP contribution in [0.15, 0.2) is 24.3 Å². The van der Waals surface area contributed by atoms with Gasteiger partial charge in [-0.05, 0) is 43.2 Å². The average Bonchev–Trinajstić information content (AvgIpc) is 2.93. The molecule has 27 heavy (non-hydrogen) atoms. The van der Waals surface area contributed by atoms with E-state index in [2.05, 4.69) is 21.3 Å². The Bertz CT molecular complexity index is 1080. The van der Waals surface area contributed by atoms with Crippen molar-refractivity contribution in [3.8, 4) is 11.8 Å². The molecule has 1 aliphatic rings. The first kappa shape index (κ1) is 17.5. The van der Waals surface area contributed by atoms with Gasteiger partial charge in [-0.2, -0.15) is 5.26 Å². The van der Waals surface area contributed by atoms with Crippen LogP contribution in [0.3, 0.4) is 0 Å². The molecular formula is C20H18ClN5O. The summed E-state index contributed by atoms with van der Waals surface area (Å²) in [6, 6.07) is 9.75. The Hall–Kier alpha value is -2.91. The van der Waals surface area contributed by atoms with E-state index in [4.69, 9.17) is 16.3 Å². The van der Waals surface area contributed by atoms with Crippen molar-refractivity contribution in [2.45, 2.75) is 32.2 Å². The van der Waals surface area contributed by atoms with Crippen molar-refractivity contribution < 1.29 is 4.74 Å². The molecule has 0 amide bonds. The lowest BCUT2D eigenvalue weighted by atomic mass is 10.1. The van der Waals surface area contributed by atoms with E-state index in [9.17, 15) is 5.26 Å². The highest BCUT2D eigenvalue weighted by molar-refractivity contribution is 6.31. The number of pyridine rings is 1. The van der Waals surface area contributed by atoms with Crippen molar-refractivity contribution in [1.29, 1.82) is 5.26 Å². The second-order valence-corrected chi connectivity index (χ2v) is 6.86. The maximum Gasteiger partial charge on any atom is 0.174 e. The predicted octanol–water partition coefficient (Wildman–Crippen LogP) is 4.28. The van der Waals surface area contributed by atoms with E-state index in [0.29, 0.717) is 22.1 Å². The molecule has 0 saturated carbocycles. The summed E-state index contributed by atoms with van der Waals surface area (Å²) in [6.07, 6.45) is 5.96. The molecule has 0 unspecified atom stereocenters. The molecule has 0 spiro atoms. The Morgan fingerprint density at radius 1 is 1.26 bits per heavy atom. The zero-order valence-corrected chi connectivity index (χ0v) is 15.7. The van der Waals surface area contributed by atoms with Crippen molar-refractivity contribution in [3.05, 3.63) is 46.6 Å². The third-order valence-electron chi connectivity index (χ3n) is 4.77. The smallest absolute Gasteiger partial charge is 0.174 e. The van der Waals surface area contributed by atoms with Gasteiger partial charge in [-0.25, -0.2) is 4.98 Å². The van der Waals surface area contributed by atoms with Gasteiger partial charge in [0.1, 0.15) is 22.8 Å². The maximum atomic E-state index is 9.73. The van der Waals surface area contributed by atoms with Crippen molar-refractivity contribution in [2.75, 3.05) is 7.11 Å². The number of allylic oxidation sites excluding steroid dienone is 1. The lowest BCUT2D eigenvalue weighted by Crippen LogP contribution is -2.05. The number of fused-ring (bicyclic) bond motifs is 2. The van der Waals surface area contributed by atoms with Crippen molar-refractivity contribution in [2.24, 2.45) is 0 Å². The summed E-state index contributed by atoms with van der Waals surface area (Å²) >= 11 is 6.37. The third kappa shape index (κ3) is 3.38. The lowest BCUT2D eigenvalue weighted by Gasteiger charge is -2.07. The minimum Gasteiger partial charge on any atom is -0.497 e. The molecule has 6 nitrogen and oxygen atoms in total. The summed E-state index contributed by atoms with van der Waals surface area (Å²) in [5.74, 6) is 2.28. The largest absolute Gasteiger partial charge is 0.497 e. The third-order valence-corrected chi connectivity index (χ3v) is 5.08. The SMILES string of the molecule is COc1ccc2nc(Cl)c(/C=C(\C#N)c3nnc4n3CCCCC4)cc2c1. The van der Waals surface area contributed by atoms with Crippen LogP contribution in [0.2, 0.25) is 5.15 Å². The minimum absolute atomic E-state index is 0.344. The quantitative estimate of drug-likeness (QED) is 0.501. The van der Waals surface area contributed by atoms with E-state index in [-0.39, 0.29) is 0 Å². The standard InChI is InChI=1S/C20H18ClN5O/c1-27-16-6-7-17-13(11-16)9-14(19(21)23-17)10-15(12-22)20-25-24-18-5-3-2-4-8-26(18)20/h6-7,9-11H,2-5,8H2,1H3/b15-10+. The fraction of sp³-hybridized carbons (Fsp3) is 0.300. The summed E-state index contributed by atoms with van der Waals surface area (Å²) in [6.45, 7) is 0.831. The molecule has 7 heteroatoms. The number of hydrogen-bond acceptors (Lipinski definition) is 5. The molecule has 136 valence electrons. The highest BCUT2D eigenvalue weighted by Crippen LogP contribution is 2.28. The number of aryl methyl sites for hydroxylation is 1. The molecule has 1 aromatic carbocycles. The van der Waals surface area contributed by atoms with E-state index in [1.807, 2.05) is 28.8 Å². The first-order chi connectivity index (χ1) is 13.2. The number of halogens is 1. The monoisotopic (exact) mass is 379 g/mol. The molecule has 0 aliphatic carbocycles. The van der Waals surface area contributed by atoms with Gasteiger partial charge < -0.3 is 9.30 Å². The first-order valence-corrected chi connectivity index (χ1v) is 9.26. The molecule has 4 rings (SSSR count). The predicted molar refractivity (Wildman–Crippen MR) is 104 cm³/mol. The Morgan fingerprint density at radius 3 is 2.96 bits per heavy atom. The molecule has 0 atom stereocenters. The maximum absolute atomic E-state index is 9.73. The van der Waals surface area contributed by atoms with Crippen LogP contribution in [-0.4, -0.2) is 26.9 Å². The highest BCUT2D eigenvalue weighted by atomic mass is 35.5. The van der Waals surface area contributed by atoms with Gasteiger partial charge in [0.05, 0.1) is 18.2 Å². The van der Waals surface area contributed by atoms with Crippen LogP contribution in [-0.2, 0) is 13.0 Å². The van der Waals surface area contributed by atoms with Gasteiger partial charge in [-0.1, -0.05) is 18.0 Å². The first-order valence-electron chi connectivity index (χ1n) is 8.88. The molecular weight excluding hydrogens is 362 g/mol. The molecule has 0 radical (unpaired) electrons. The van der Waals surface area contributed by atoms with E-state index in [0.717, 1.165) is 54.7 Å². The summed E-state index contributed by atoms with van der Waals surface area (Å²) < 4.78 is 7.33. The minimum atomic E-state index is 0.344. The number of rotatable bonds is 3. The lowest BCUT2D eigenvalue weighted by molar-refractivity contribution is 0.415. The summed E-state index contributed by atoms with van der Waals surface area (Å²) in [5, 5.41) is 19.5. The molecule has 3 heterocycles. The number of nitriles is 1. The highest BCUT2D eigenvalue weighted by Gasteiger charge is 2.18. The van der Waals surface area contributed by atoms with E-state index in [1.54, 1.807) is 13.2 Å². The zero-order chi connectivity index (χ0) is 18.8. The van der Waals surface area contributed by atoms with Crippen LogP contribution in [0.25, 0.3) is 22.6 Å². The Morgan fingerprint density at radius 2 is 2.15 bits per heavy atom. The summed E-state index contributed by atoms with van der Waals surface area (Å²) in [4.78, 5) is 4.44. The van der Waals surface area contributed by atoms with Crippen LogP contribution in [0.1, 0.15) is 36.5 Å². The number of nitrogens with zero attached hydrogens (tertiary/aromatic N) is 5. The van der Waals surface area contributed by atoms with Crippen LogP contribution in [0.4, 0.5) is 0 Å². The van der Waals surface area contributed by atoms with Crippen LogP contribution < -0.4 is 4.74 Å². The second kappa shape index (κ2) is 7.37. The average molecular weight is 380 g/mol. The van der Waals surface area contributed by atoms with Crippen LogP contribution in [0.5, 0.6) is 5.75 Å². The van der Waals surface area contributed by atoms with Gasteiger partial charge in [0.15, 0.2) is 5.82 Å². The molecule has 0 N–H and O–H groups in total. The zero-order valence-electron chi connectivity index (χ0n) is 14.9. The van der Waals surface area contributed by atoms with E-state index < -0.39 is 0 Å². The van der Waals surface area contributed by atoms with Crippen LogP contribution >= 0.6 is 11.6 Å².